The SMILES string of the molecule is CCOc1cccc(N)c1C(=O)NC(C)CCC(C)C. The van der Waals surface area contributed by atoms with E-state index in [1.165, 1.54) is 0 Å². The molecule has 0 heterocycles. The first-order valence-electron chi connectivity index (χ1n) is 7.27. The van der Waals surface area contributed by atoms with Crippen molar-refractivity contribution >= 4 is 11.6 Å². The molecule has 4 nitrogen and oxygen atoms in total. The first kappa shape index (κ1) is 16.3. The van der Waals surface area contributed by atoms with Gasteiger partial charge in [0, 0.05) is 11.7 Å². The number of nitrogen functional groups attached to an aromatic ring is 1. The van der Waals surface area contributed by atoms with Gasteiger partial charge in [-0.15, -0.1) is 0 Å². The molecule has 1 amide bonds. The summed E-state index contributed by atoms with van der Waals surface area (Å²) in [5.41, 5.74) is 6.79. The number of rotatable bonds is 7. The summed E-state index contributed by atoms with van der Waals surface area (Å²) in [6.45, 7) is 8.76. The summed E-state index contributed by atoms with van der Waals surface area (Å²) in [4.78, 5) is 12.3. The van der Waals surface area contributed by atoms with Gasteiger partial charge < -0.3 is 15.8 Å². The van der Waals surface area contributed by atoms with Crippen molar-refractivity contribution in [2.45, 2.75) is 46.6 Å². The average molecular weight is 278 g/mol. The molecule has 1 atom stereocenters. The van der Waals surface area contributed by atoms with Crippen LogP contribution in [0.25, 0.3) is 0 Å². The van der Waals surface area contributed by atoms with Gasteiger partial charge in [0.15, 0.2) is 0 Å². The fourth-order valence-electron chi connectivity index (χ4n) is 2.02. The Morgan fingerprint density at radius 3 is 2.60 bits per heavy atom. The molecule has 0 saturated carbocycles. The molecule has 1 aromatic rings. The number of hydrogen-bond donors (Lipinski definition) is 2. The van der Waals surface area contributed by atoms with Crippen LogP contribution in [-0.2, 0) is 0 Å². The zero-order valence-corrected chi connectivity index (χ0v) is 12.9. The number of nitrogens with one attached hydrogen (secondary N) is 1. The molecule has 112 valence electrons. The third-order valence-electron chi connectivity index (χ3n) is 3.14. The predicted molar refractivity (Wildman–Crippen MR) is 83.0 cm³/mol. The summed E-state index contributed by atoms with van der Waals surface area (Å²) in [7, 11) is 0. The number of amides is 1. The van der Waals surface area contributed by atoms with E-state index in [2.05, 4.69) is 19.2 Å². The first-order chi connectivity index (χ1) is 9.45. The van der Waals surface area contributed by atoms with Crippen molar-refractivity contribution in [3.63, 3.8) is 0 Å². The maximum absolute atomic E-state index is 12.3. The second kappa shape index (κ2) is 7.78. The molecule has 1 rings (SSSR count). The van der Waals surface area contributed by atoms with E-state index in [4.69, 9.17) is 10.5 Å². The van der Waals surface area contributed by atoms with Crippen LogP contribution >= 0.6 is 0 Å². The quantitative estimate of drug-likeness (QED) is 0.753. The highest BCUT2D eigenvalue weighted by atomic mass is 16.5. The minimum Gasteiger partial charge on any atom is -0.493 e. The highest BCUT2D eigenvalue weighted by Gasteiger charge is 2.17. The Kier molecular flexibility index (Phi) is 6.36. The number of carbonyl (C=O) groups is 1. The summed E-state index contributed by atoms with van der Waals surface area (Å²) in [6, 6.07) is 5.40. The Labute approximate surface area is 121 Å². The Hall–Kier alpha value is -1.71. The molecule has 0 aromatic heterocycles. The molecule has 0 saturated heterocycles. The minimum absolute atomic E-state index is 0.124. The van der Waals surface area contributed by atoms with E-state index in [1.807, 2.05) is 13.8 Å². The predicted octanol–water partition coefficient (Wildman–Crippen LogP) is 3.22. The van der Waals surface area contributed by atoms with E-state index in [0.717, 1.165) is 12.8 Å². The van der Waals surface area contributed by atoms with Gasteiger partial charge >= 0.3 is 0 Å². The topological polar surface area (TPSA) is 64.3 Å². The maximum atomic E-state index is 12.3. The smallest absolute Gasteiger partial charge is 0.257 e. The Bertz CT molecular complexity index is 444. The van der Waals surface area contributed by atoms with Crippen molar-refractivity contribution in [2.24, 2.45) is 5.92 Å². The third kappa shape index (κ3) is 4.76. The zero-order valence-electron chi connectivity index (χ0n) is 12.9. The summed E-state index contributed by atoms with van der Waals surface area (Å²) < 4.78 is 5.48. The molecule has 1 unspecified atom stereocenters. The van der Waals surface area contributed by atoms with Crippen LogP contribution in [0.5, 0.6) is 5.75 Å². The van der Waals surface area contributed by atoms with Gasteiger partial charge in [-0.2, -0.15) is 0 Å². The average Bonchev–Trinajstić information content (AvgIpc) is 2.36. The van der Waals surface area contributed by atoms with Gasteiger partial charge in [-0.05, 0) is 44.7 Å². The van der Waals surface area contributed by atoms with Crippen LogP contribution in [0.3, 0.4) is 0 Å². The number of carbonyl (C=O) groups excluding carboxylic acids is 1. The molecular weight excluding hydrogens is 252 g/mol. The maximum Gasteiger partial charge on any atom is 0.257 e. The third-order valence-corrected chi connectivity index (χ3v) is 3.14. The number of hydrogen-bond acceptors (Lipinski definition) is 3. The number of benzene rings is 1. The minimum atomic E-state index is -0.164. The standard InChI is InChI=1S/C16H26N2O2/c1-5-20-14-8-6-7-13(17)15(14)16(19)18-12(4)10-9-11(2)3/h6-8,11-12H,5,9-10,17H2,1-4H3,(H,18,19). The summed E-state index contributed by atoms with van der Waals surface area (Å²) >= 11 is 0. The molecule has 1 aromatic carbocycles. The van der Waals surface area contributed by atoms with Gasteiger partial charge in [-0.25, -0.2) is 0 Å². The second-order valence-corrected chi connectivity index (χ2v) is 5.50. The van der Waals surface area contributed by atoms with Gasteiger partial charge in [-0.3, -0.25) is 4.79 Å². The molecule has 0 fully saturated rings. The van der Waals surface area contributed by atoms with Crippen LogP contribution in [-0.4, -0.2) is 18.6 Å². The van der Waals surface area contributed by atoms with E-state index < -0.39 is 0 Å². The lowest BCUT2D eigenvalue weighted by molar-refractivity contribution is 0.0934. The Morgan fingerprint density at radius 1 is 1.30 bits per heavy atom. The van der Waals surface area contributed by atoms with Crippen LogP contribution in [0.2, 0.25) is 0 Å². The largest absolute Gasteiger partial charge is 0.493 e. The molecule has 0 radical (unpaired) electrons. The molecule has 0 bridgehead atoms. The van der Waals surface area contributed by atoms with Crippen LogP contribution < -0.4 is 15.8 Å². The van der Waals surface area contributed by atoms with Crippen molar-refractivity contribution in [3.8, 4) is 5.75 Å². The number of nitrogens with two attached hydrogens (primary N) is 1. The second-order valence-electron chi connectivity index (χ2n) is 5.50. The van der Waals surface area contributed by atoms with Crippen LogP contribution in [0.1, 0.15) is 50.9 Å². The normalized spacial score (nSPS) is 12.2. The van der Waals surface area contributed by atoms with E-state index in [1.54, 1.807) is 18.2 Å². The van der Waals surface area contributed by atoms with Gasteiger partial charge in [0.05, 0.1) is 6.61 Å². The molecule has 3 N–H and O–H groups in total. The van der Waals surface area contributed by atoms with E-state index >= 15 is 0 Å². The molecule has 0 aliphatic heterocycles. The summed E-state index contributed by atoms with van der Waals surface area (Å²) in [6.07, 6.45) is 2.05. The van der Waals surface area contributed by atoms with Crippen molar-refractivity contribution in [1.82, 2.24) is 5.32 Å². The van der Waals surface area contributed by atoms with Gasteiger partial charge in [0.1, 0.15) is 11.3 Å². The van der Waals surface area contributed by atoms with Crippen LogP contribution in [0.4, 0.5) is 5.69 Å². The number of anilines is 1. The molecule has 20 heavy (non-hydrogen) atoms. The van der Waals surface area contributed by atoms with E-state index in [9.17, 15) is 4.79 Å². The molecular formula is C16H26N2O2. The monoisotopic (exact) mass is 278 g/mol. The summed E-state index contributed by atoms with van der Waals surface area (Å²) in [5.74, 6) is 1.01. The van der Waals surface area contributed by atoms with Crippen molar-refractivity contribution < 1.29 is 9.53 Å². The van der Waals surface area contributed by atoms with Crippen molar-refractivity contribution in [2.75, 3.05) is 12.3 Å². The van der Waals surface area contributed by atoms with Gasteiger partial charge in [-0.1, -0.05) is 19.9 Å². The lowest BCUT2D eigenvalue weighted by Crippen LogP contribution is -2.33. The van der Waals surface area contributed by atoms with Crippen LogP contribution in [0.15, 0.2) is 18.2 Å². The van der Waals surface area contributed by atoms with Crippen molar-refractivity contribution in [3.05, 3.63) is 23.8 Å². The fraction of sp³-hybridized carbons (Fsp3) is 0.562. The molecule has 4 heteroatoms. The fourth-order valence-corrected chi connectivity index (χ4v) is 2.02. The molecule has 0 aliphatic rings. The van der Waals surface area contributed by atoms with Crippen LogP contribution in [0, 0.1) is 5.92 Å². The Morgan fingerprint density at radius 2 is 2.00 bits per heavy atom. The van der Waals surface area contributed by atoms with Gasteiger partial charge in [0.2, 0.25) is 0 Å². The lowest BCUT2D eigenvalue weighted by atomic mass is 10.0. The van der Waals surface area contributed by atoms with E-state index in [0.29, 0.717) is 29.5 Å². The first-order valence-corrected chi connectivity index (χ1v) is 7.27. The highest BCUT2D eigenvalue weighted by Crippen LogP contribution is 2.24. The molecule has 0 spiro atoms. The summed E-state index contributed by atoms with van der Waals surface area (Å²) in [5, 5.41) is 2.99. The number of ether oxygens (including phenoxy) is 1. The zero-order chi connectivity index (χ0) is 15.1. The molecule has 0 aliphatic carbocycles. The van der Waals surface area contributed by atoms with Crippen molar-refractivity contribution in [1.29, 1.82) is 0 Å². The highest BCUT2D eigenvalue weighted by molar-refractivity contribution is 6.02. The van der Waals surface area contributed by atoms with E-state index in [-0.39, 0.29) is 11.9 Å². The van der Waals surface area contributed by atoms with Gasteiger partial charge in [0.25, 0.3) is 5.91 Å². The lowest BCUT2D eigenvalue weighted by Gasteiger charge is -2.17. The Balaban J connectivity index is 2.76.